The van der Waals surface area contributed by atoms with E-state index in [2.05, 4.69) is 9.84 Å². The van der Waals surface area contributed by atoms with Crippen molar-refractivity contribution in [1.29, 1.82) is 0 Å². The molecule has 0 amide bonds. The fourth-order valence-corrected chi connectivity index (χ4v) is 3.80. The first-order valence-electron chi connectivity index (χ1n) is 11.3. The van der Waals surface area contributed by atoms with Gasteiger partial charge < -0.3 is 14.5 Å². The molecule has 3 rings (SSSR count). The van der Waals surface area contributed by atoms with Crippen LogP contribution in [0.2, 0.25) is 0 Å². The van der Waals surface area contributed by atoms with E-state index in [0.29, 0.717) is 54.2 Å². The molecule has 0 spiro atoms. The van der Waals surface area contributed by atoms with Crippen LogP contribution in [0, 0.1) is 11.6 Å². The van der Waals surface area contributed by atoms with E-state index in [1.165, 1.54) is 12.1 Å². The summed E-state index contributed by atoms with van der Waals surface area (Å²) in [5.41, 5.74) is 1.83. The maximum Gasteiger partial charge on any atom is 0.694 e. The molecular formula is C25H29F2NO5P+. The van der Waals surface area contributed by atoms with E-state index in [1.54, 1.807) is 36.6 Å². The summed E-state index contributed by atoms with van der Waals surface area (Å²) >= 11 is 0. The smallest absolute Gasteiger partial charge is 0.493 e. The van der Waals surface area contributed by atoms with Crippen molar-refractivity contribution in [3.8, 4) is 17.1 Å². The number of hydrogen-bond donors (Lipinski definition) is 2. The third kappa shape index (κ3) is 8.29. The zero-order chi connectivity index (χ0) is 24.2. The van der Waals surface area contributed by atoms with Gasteiger partial charge in [-0.3, -0.25) is 0 Å². The lowest BCUT2D eigenvalue weighted by molar-refractivity contribution is 0.276. The van der Waals surface area contributed by atoms with Crippen LogP contribution in [0.1, 0.15) is 36.8 Å². The zero-order valence-electron chi connectivity index (χ0n) is 18.8. The first-order valence-corrected chi connectivity index (χ1v) is 12.4. The van der Waals surface area contributed by atoms with Crippen LogP contribution in [0.5, 0.6) is 5.75 Å². The molecule has 0 bridgehead atoms. The average Bonchev–Trinajstić information content (AvgIpc) is 3.35. The second kappa shape index (κ2) is 13.9. The lowest BCUT2D eigenvalue weighted by Gasteiger charge is -2.14. The van der Waals surface area contributed by atoms with E-state index >= 15 is 0 Å². The molecule has 0 aliphatic carbocycles. The van der Waals surface area contributed by atoms with Crippen molar-refractivity contribution in [2.24, 2.45) is 0 Å². The fraction of sp³-hybridized carbons (Fsp3) is 0.360. The minimum atomic E-state index is -2.60. The van der Waals surface area contributed by atoms with Crippen LogP contribution in [0.4, 0.5) is 8.78 Å². The topological polar surface area (TPSA) is 80.9 Å². The Morgan fingerprint density at radius 2 is 1.79 bits per heavy atom. The molecule has 0 fully saturated rings. The van der Waals surface area contributed by atoms with Crippen LogP contribution < -0.4 is 10.1 Å². The van der Waals surface area contributed by atoms with Crippen LogP contribution in [0.15, 0.2) is 59.2 Å². The van der Waals surface area contributed by atoms with Gasteiger partial charge >= 0.3 is 8.25 Å². The minimum Gasteiger partial charge on any atom is -0.493 e. The molecule has 3 aromatic rings. The lowest BCUT2D eigenvalue weighted by atomic mass is 10.1. The Hall–Kier alpha value is -2.64. The molecule has 1 unspecified atom stereocenters. The van der Waals surface area contributed by atoms with Gasteiger partial charge in [-0.15, -0.1) is 9.42 Å². The predicted octanol–water partition coefficient (Wildman–Crippen LogP) is 6.16. The molecule has 2 N–H and O–H groups in total. The van der Waals surface area contributed by atoms with E-state index in [9.17, 15) is 13.3 Å². The monoisotopic (exact) mass is 492 g/mol. The number of hydrogen-bond acceptors (Lipinski definition) is 5. The third-order valence-electron chi connectivity index (χ3n) is 5.26. The Morgan fingerprint density at radius 3 is 2.56 bits per heavy atom. The van der Waals surface area contributed by atoms with Gasteiger partial charge in [0.15, 0.2) is 0 Å². The molecule has 0 radical (unpaired) electrons. The average molecular weight is 492 g/mol. The first kappa shape index (κ1) is 26.0. The van der Waals surface area contributed by atoms with Crippen molar-refractivity contribution in [3.63, 3.8) is 0 Å². The largest absolute Gasteiger partial charge is 0.694 e. The van der Waals surface area contributed by atoms with Gasteiger partial charge in [-0.2, -0.15) is 0 Å². The fourth-order valence-electron chi connectivity index (χ4n) is 3.52. The second-order valence-corrected chi connectivity index (χ2v) is 8.50. The van der Waals surface area contributed by atoms with Gasteiger partial charge in [0.1, 0.15) is 29.8 Å². The summed E-state index contributed by atoms with van der Waals surface area (Å²) in [6, 6.07) is 13.4. The van der Waals surface area contributed by atoms with Gasteiger partial charge in [-0.05, 0) is 68.5 Å². The predicted molar refractivity (Wildman–Crippen MR) is 126 cm³/mol. The molecular weight excluding hydrogens is 463 g/mol. The van der Waals surface area contributed by atoms with Crippen molar-refractivity contribution in [3.05, 3.63) is 77.6 Å². The molecule has 182 valence electrons. The van der Waals surface area contributed by atoms with Crippen LogP contribution >= 0.6 is 8.25 Å². The molecule has 1 atom stereocenters. The molecule has 6 nitrogen and oxygen atoms in total. The highest BCUT2D eigenvalue weighted by Crippen LogP contribution is 2.33. The molecule has 2 aromatic carbocycles. The van der Waals surface area contributed by atoms with E-state index in [4.69, 9.17) is 14.0 Å². The highest BCUT2D eigenvalue weighted by atomic mass is 31.1. The van der Waals surface area contributed by atoms with E-state index in [-0.39, 0.29) is 19.0 Å². The Morgan fingerprint density at radius 1 is 0.941 bits per heavy atom. The molecule has 0 aliphatic rings. The summed E-state index contributed by atoms with van der Waals surface area (Å²) in [4.78, 5) is 8.61. The molecule has 1 aromatic heterocycles. The SMILES string of the molecule is O=[P+](O)OCCCNCc1cc(-c2ccco2)c(OCCCCCc2ccccc2F)cc1F. The molecule has 1 heterocycles. The van der Waals surface area contributed by atoms with Gasteiger partial charge in [0.05, 0.1) is 18.4 Å². The third-order valence-corrected chi connectivity index (χ3v) is 5.66. The first-order chi connectivity index (χ1) is 16.5. The van der Waals surface area contributed by atoms with Gasteiger partial charge in [0, 0.05) is 22.7 Å². The van der Waals surface area contributed by atoms with Crippen molar-refractivity contribution < 1.29 is 31.9 Å². The standard InChI is InChI=1S/C25H28F2NO5P/c26-22-10-4-3-9-19(22)8-2-1-5-13-32-25-17-23(27)20(16-21(25)24-11-6-14-31-24)18-28-12-7-15-33-34(29)30/h3-4,6,9-11,14,16-17,28H,1-2,5,7-8,12-13,15,18H2/p+1. The van der Waals surface area contributed by atoms with Crippen LogP contribution in [0.3, 0.4) is 0 Å². The number of benzene rings is 2. The summed E-state index contributed by atoms with van der Waals surface area (Å²) in [6.45, 7) is 1.34. The van der Waals surface area contributed by atoms with Crippen molar-refractivity contribution in [2.45, 2.75) is 38.6 Å². The van der Waals surface area contributed by atoms with Gasteiger partial charge in [0.2, 0.25) is 0 Å². The summed E-state index contributed by atoms with van der Waals surface area (Å²) in [6.07, 6.45) is 5.21. The number of aryl methyl sites for hydroxylation is 1. The van der Waals surface area contributed by atoms with Crippen LogP contribution in [-0.4, -0.2) is 24.7 Å². The molecule has 9 heteroatoms. The van der Waals surface area contributed by atoms with E-state index in [1.807, 2.05) is 6.07 Å². The van der Waals surface area contributed by atoms with E-state index in [0.717, 1.165) is 19.3 Å². The summed E-state index contributed by atoms with van der Waals surface area (Å²) in [5, 5.41) is 3.10. The van der Waals surface area contributed by atoms with Crippen LogP contribution in [0.25, 0.3) is 11.3 Å². The van der Waals surface area contributed by atoms with Gasteiger partial charge in [-0.1, -0.05) is 18.2 Å². The number of nitrogens with one attached hydrogen (secondary N) is 1. The minimum absolute atomic E-state index is 0.145. The Bertz CT molecular complexity index is 1050. The number of halogens is 2. The molecule has 0 saturated heterocycles. The molecule has 34 heavy (non-hydrogen) atoms. The summed E-state index contributed by atoms with van der Waals surface area (Å²) in [7, 11) is -2.60. The van der Waals surface area contributed by atoms with E-state index < -0.39 is 14.1 Å². The van der Waals surface area contributed by atoms with Crippen LogP contribution in [-0.2, 0) is 22.1 Å². The number of unbranched alkanes of at least 4 members (excludes halogenated alkanes) is 2. The van der Waals surface area contributed by atoms with Gasteiger partial charge in [0.25, 0.3) is 0 Å². The zero-order valence-corrected chi connectivity index (χ0v) is 19.7. The van der Waals surface area contributed by atoms with Gasteiger partial charge in [-0.25, -0.2) is 8.78 Å². The van der Waals surface area contributed by atoms with Crippen molar-refractivity contribution in [2.75, 3.05) is 19.8 Å². The van der Waals surface area contributed by atoms with Crippen molar-refractivity contribution >= 4 is 8.25 Å². The Labute approximate surface area is 198 Å². The highest BCUT2D eigenvalue weighted by Gasteiger charge is 2.15. The lowest BCUT2D eigenvalue weighted by Crippen LogP contribution is -2.17. The number of rotatable bonds is 15. The highest BCUT2D eigenvalue weighted by molar-refractivity contribution is 7.32. The second-order valence-electron chi connectivity index (χ2n) is 7.77. The normalized spacial score (nSPS) is 11.6. The quantitative estimate of drug-likeness (QED) is 0.195. The molecule has 0 aliphatic heterocycles. The summed E-state index contributed by atoms with van der Waals surface area (Å²) < 4.78 is 54.9. The number of ether oxygens (including phenoxy) is 1. The number of furan rings is 1. The molecule has 0 saturated carbocycles. The maximum atomic E-state index is 14.7. The Balaban J connectivity index is 1.51. The summed E-state index contributed by atoms with van der Waals surface area (Å²) in [5.74, 6) is 0.413. The Kier molecular flexibility index (Phi) is 10.6. The van der Waals surface area contributed by atoms with Crippen molar-refractivity contribution in [1.82, 2.24) is 5.32 Å². The maximum absolute atomic E-state index is 14.7.